The number of rotatable bonds is 5. The first-order valence-corrected chi connectivity index (χ1v) is 4.50. The van der Waals surface area contributed by atoms with Crippen LogP contribution >= 0.6 is 0 Å². The maximum Gasteiger partial charge on any atom is 0.328 e. The number of methoxy groups -OCH3 is 1. The van der Waals surface area contributed by atoms with Crippen LogP contribution in [0.5, 0.6) is 5.75 Å². The molecule has 80 valence electrons. The number of hydrogen-bond donors (Lipinski definition) is 2. The van der Waals surface area contributed by atoms with E-state index in [-0.39, 0.29) is 0 Å². The van der Waals surface area contributed by atoms with E-state index in [2.05, 4.69) is 5.32 Å². The molecular formula is C11H13NO3. The molecule has 0 spiro atoms. The normalized spacial score (nSPS) is 10.2. The van der Waals surface area contributed by atoms with E-state index in [1.807, 2.05) is 24.3 Å². The SMILES string of the molecule is COc1ccccc1NC/C=C/C(=O)O. The van der Waals surface area contributed by atoms with Gasteiger partial charge in [-0.25, -0.2) is 4.79 Å². The number of hydrogen-bond acceptors (Lipinski definition) is 3. The van der Waals surface area contributed by atoms with Gasteiger partial charge in [0.1, 0.15) is 5.75 Å². The molecule has 1 aromatic rings. The van der Waals surface area contributed by atoms with Gasteiger partial charge in [0, 0.05) is 12.6 Å². The lowest BCUT2D eigenvalue weighted by Crippen LogP contribution is -2.01. The standard InChI is InChI=1S/C11H13NO3/c1-15-10-6-3-2-5-9(10)12-8-4-7-11(13)14/h2-7,12H,8H2,1H3,(H,13,14)/b7-4+. The molecule has 0 saturated carbocycles. The number of para-hydroxylation sites is 2. The molecule has 0 heterocycles. The van der Waals surface area contributed by atoms with Gasteiger partial charge in [-0.15, -0.1) is 0 Å². The Balaban J connectivity index is 2.53. The molecule has 0 fully saturated rings. The van der Waals surface area contributed by atoms with Gasteiger partial charge in [0.25, 0.3) is 0 Å². The van der Waals surface area contributed by atoms with E-state index in [0.29, 0.717) is 6.54 Å². The Morgan fingerprint density at radius 2 is 2.27 bits per heavy atom. The lowest BCUT2D eigenvalue weighted by Gasteiger charge is -2.08. The van der Waals surface area contributed by atoms with Gasteiger partial charge in [-0.3, -0.25) is 0 Å². The average molecular weight is 207 g/mol. The topological polar surface area (TPSA) is 58.6 Å². The van der Waals surface area contributed by atoms with Crippen molar-refractivity contribution in [3.05, 3.63) is 36.4 Å². The van der Waals surface area contributed by atoms with Crippen molar-refractivity contribution >= 4 is 11.7 Å². The van der Waals surface area contributed by atoms with Gasteiger partial charge in [0.15, 0.2) is 0 Å². The number of benzene rings is 1. The first-order chi connectivity index (χ1) is 7.24. The summed E-state index contributed by atoms with van der Waals surface area (Å²) in [6, 6.07) is 7.46. The van der Waals surface area contributed by atoms with E-state index in [1.54, 1.807) is 7.11 Å². The highest BCUT2D eigenvalue weighted by Gasteiger charge is 1.98. The average Bonchev–Trinajstić information content (AvgIpc) is 2.24. The number of carboxylic acid groups (broad SMARTS) is 1. The van der Waals surface area contributed by atoms with Crippen LogP contribution in [0, 0.1) is 0 Å². The molecule has 15 heavy (non-hydrogen) atoms. The van der Waals surface area contributed by atoms with Crippen LogP contribution in [0.3, 0.4) is 0 Å². The van der Waals surface area contributed by atoms with Crippen LogP contribution in [0.1, 0.15) is 0 Å². The summed E-state index contributed by atoms with van der Waals surface area (Å²) in [6.45, 7) is 0.451. The minimum atomic E-state index is -0.947. The van der Waals surface area contributed by atoms with Crippen molar-refractivity contribution in [2.45, 2.75) is 0 Å². The molecule has 0 aliphatic rings. The molecule has 4 nitrogen and oxygen atoms in total. The Bertz CT molecular complexity index is 361. The molecule has 0 radical (unpaired) electrons. The van der Waals surface area contributed by atoms with Crippen LogP contribution in [0.4, 0.5) is 5.69 Å². The van der Waals surface area contributed by atoms with Crippen LogP contribution < -0.4 is 10.1 Å². The molecule has 0 aromatic heterocycles. The zero-order valence-corrected chi connectivity index (χ0v) is 8.43. The van der Waals surface area contributed by atoms with Gasteiger partial charge in [0.2, 0.25) is 0 Å². The highest BCUT2D eigenvalue weighted by Crippen LogP contribution is 2.22. The number of ether oxygens (including phenoxy) is 1. The summed E-state index contributed by atoms with van der Waals surface area (Å²) < 4.78 is 5.12. The second-order valence-electron chi connectivity index (χ2n) is 2.82. The number of aliphatic carboxylic acids is 1. The third-order valence-electron chi connectivity index (χ3n) is 1.78. The molecule has 4 heteroatoms. The second kappa shape index (κ2) is 5.70. The van der Waals surface area contributed by atoms with Crippen molar-refractivity contribution in [2.24, 2.45) is 0 Å². The van der Waals surface area contributed by atoms with Crippen LogP contribution in [0.15, 0.2) is 36.4 Å². The van der Waals surface area contributed by atoms with Crippen molar-refractivity contribution in [1.82, 2.24) is 0 Å². The van der Waals surface area contributed by atoms with Crippen molar-refractivity contribution in [3.63, 3.8) is 0 Å². The number of anilines is 1. The Morgan fingerprint density at radius 3 is 2.93 bits per heavy atom. The fourth-order valence-electron chi connectivity index (χ4n) is 1.12. The molecule has 0 unspecified atom stereocenters. The molecule has 0 bridgehead atoms. The molecular weight excluding hydrogens is 194 g/mol. The minimum absolute atomic E-state index is 0.451. The van der Waals surface area contributed by atoms with Crippen molar-refractivity contribution in [3.8, 4) is 5.75 Å². The monoisotopic (exact) mass is 207 g/mol. The Hall–Kier alpha value is -1.97. The zero-order chi connectivity index (χ0) is 11.1. The second-order valence-corrected chi connectivity index (χ2v) is 2.82. The third-order valence-corrected chi connectivity index (χ3v) is 1.78. The summed E-state index contributed by atoms with van der Waals surface area (Å²) in [5.74, 6) is -0.210. The summed E-state index contributed by atoms with van der Waals surface area (Å²) >= 11 is 0. The summed E-state index contributed by atoms with van der Waals surface area (Å²) in [5, 5.41) is 11.4. The van der Waals surface area contributed by atoms with Gasteiger partial charge in [0.05, 0.1) is 12.8 Å². The molecule has 0 aliphatic heterocycles. The fourth-order valence-corrected chi connectivity index (χ4v) is 1.12. The maximum absolute atomic E-state index is 10.2. The van der Waals surface area contributed by atoms with Crippen molar-refractivity contribution < 1.29 is 14.6 Å². The van der Waals surface area contributed by atoms with Crippen molar-refractivity contribution in [1.29, 1.82) is 0 Å². The summed E-state index contributed by atoms with van der Waals surface area (Å²) in [6.07, 6.45) is 2.64. The third kappa shape index (κ3) is 3.72. The first-order valence-electron chi connectivity index (χ1n) is 4.50. The molecule has 1 rings (SSSR count). The Kier molecular flexibility index (Phi) is 4.22. The fraction of sp³-hybridized carbons (Fsp3) is 0.182. The predicted molar refractivity (Wildman–Crippen MR) is 58.3 cm³/mol. The van der Waals surface area contributed by atoms with E-state index in [4.69, 9.17) is 9.84 Å². The van der Waals surface area contributed by atoms with Crippen LogP contribution in [-0.4, -0.2) is 24.7 Å². The number of carboxylic acids is 1. The lowest BCUT2D eigenvalue weighted by atomic mass is 10.3. The minimum Gasteiger partial charge on any atom is -0.495 e. The maximum atomic E-state index is 10.2. The predicted octanol–water partition coefficient (Wildman–Crippen LogP) is 1.75. The largest absolute Gasteiger partial charge is 0.495 e. The summed E-state index contributed by atoms with van der Waals surface area (Å²) in [4.78, 5) is 10.2. The quantitative estimate of drug-likeness (QED) is 0.722. The van der Waals surface area contributed by atoms with Gasteiger partial charge in [-0.1, -0.05) is 18.2 Å². The highest BCUT2D eigenvalue weighted by molar-refractivity contribution is 5.79. The number of carbonyl (C=O) groups is 1. The smallest absolute Gasteiger partial charge is 0.328 e. The summed E-state index contributed by atoms with van der Waals surface area (Å²) in [7, 11) is 1.59. The van der Waals surface area contributed by atoms with Gasteiger partial charge in [-0.2, -0.15) is 0 Å². The van der Waals surface area contributed by atoms with Crippen LogP contribution in [0.2, 0.25) is 0 Å². The first kappa shape index (κ1) is 11.1. The highest BCUT2D eigenvalue weighted by atomic mass is 16.5. The molecule has 2 N–H and O–H groups in total. The van der Waals surface area contributed by atoms with Crippen molar-refractivity contribution in [2.75, 3.05) is 19.0 Å². The van der Waals surface area contributed by atoms with Gasteiger partial charge >= 0.3 is 5.97 Å². The van der Waals surface area contributed by atoms with Gasteiger partial charge in [-0.05, 0) is 12.1 Å². The molecule has 1 aromatic carbocycles. The molecule has 0 aliphatic carbocycles. The van der Waals surface area contributed by atoms with E-state index >= 15 is 0 Å². The van der Waals surface area contributed by atoms with E-state index < -0.39 is 5.97 Å². The Morgan fingerprint density at radius 1 is 1.53 bits per heavy atom. The van der Waals surface area contributed by atoms with Gasteiger partial charge < -0.3 is 15.2 Å². The van der Waals surface area contributed by atoms with E-state index in [9.17, 15) is 4.79 Å². The molecule has 0 amide bonds. The van der Waals surface area contributed by atoms with Crippen LogP contribution in [0.25, 0.3) is 0 Å². The Labute approximate surface area is 88.2 Å². The van der Waals surface area contributed by atoms with Crippen LogP contribution in [-0.2, 0) is 4.79 Å². The van der Waals surface area contributed by atoms with E-state index in [1.165, 1.54) is 6.08 Å². The molecule has 0 saturated heterocycles. The molecule has 0 atom stereocenters. The zero-order valence-electron chi connectivity index (χ0n) is 8.43. The number of nitrogens with one attached hydrogen (secondary N) is 1. The summed E-state index contributed by atoms with van der Waals surface area (Å²) in [5.41, 5.74) is 0.843. The van der Waals surface area contributed by atoms with E-state index in [0.717, 1.165) is 17.5 Å². The lowest BCUT2D eigenvalue weighted by molar-refractivity contribution is -0.131.